The summed E-state index contributed by atoms with van der Waals surface area (Å²) in [7, 11) is 1.38. The molecule has 24 heavy (non-hydrogen) atoms. The van der Waals surface area contributed by atoms with Gasteiger partial charge < -0.3 is 10.5 Å². The Morgan fingerprint density at radius 3 is 2.54 bits per heavy atom. The Balaban J connectivity index is 1.98. The van der Waals surface area contributed by atoms with Crippen molar-refractivity contribution in [3.8, 4) is 17.3 Å². The van der Waals surface area contributed by atoms with E-state index in [1.165, 1.54) is 7.11 Å². The van der Waals surface area contributed by atoms with Crippen LogP contribution in [0.3, 0.4) is 0 Å². The summed E-state index contributed by atoms with van der Waals surface area (Å²) >= 11 is 0. The van der Waals surface area contributed by atoms with Gasteiger partial charge in [0.05, 0.1) is 18.6 Å². The Kier molecular flexibility index (Phi) is 3.80. The van der Waals surface area contributed by atoms with Crippen molar-refractivity contribution >= 4 is 11.8 Å². The van der Waals surface area contributed by atoms with Crippen LogP contribution in [0.15, 0.2) is 24.3 Å². The second-order valence-corrected chi connectivity index (χ2v) is 6.50. The zero-order chi connectivity index (χ0) is 17.5. The molecule has 2 aromatic rings. The minimum absolute atomic E-state index is 0.0761. The number of carbonyl (C=O) groups excluding carboxylic acids is 1. The van der Waals surface area contributed by atoms with Crippen LogP contribution < -0.4 is 5.73 Å². The van der Waals surface area contributed by atoms with Crippen molar-refractivity contribution in [2.24, 2.45) is 0 Å². The number of hydrogen-bond donors (Lipinski definition) is 1. The van der Waals surface area contributed by atoms with Crippen LogP contribution >= 0.6 is 0 Å². The van der Waals surface area contributed by atoms with Crippen LogP contribution in [0.25, 0.3) is 11.3 Å². The van der Waals surface area contributed by atoms with E-state index in [0.717, 1.165) is 24.0 Å². The third kappa shape index (κ3) is 2.52. The highest BCUT2D eigenvalue weighted by atomic mass is 16.5. The molecule has 1 saturated carbocycles. The number of nitriles is 1. The molecule has 6 nitrogen and oxygen atoms in total. The van der Waals surface area contributed by atoms with Crippen molar-refractivity contribution in [3.63, 3.8) is 0 Å². The van der Waals surface area contributed by atoms with E-state index >= 15 is 0 Å². The summed E-state index contributed by atoms with van der Waals surface area (Å²) < 4.78 is 6.54. The lowest BCUT2D eigenvalue weighted by Gasteiger charge is -2.10. The standard InChI is InChI=1S/C18H20N4O2/c1-11(17(23)24-3)12-4-6-13(7-5-12)15-14(10-19)16(20)22(21-15)18(2)8-9-18/h4-7,11H,8-9,20H2,1-3H3. The van der Waals surface area contributed by atoms with Gasteiger partial charge >= 0.3 is 5.97 Å². The number of hydrogen-bond acceptors (Lipinski definition) is 5. The summed E-state index contributed by atoms with van der Waals surface area (Å²) in [6, 6.07) is 9.59. The largest absolute Gasteiger partial charge is 0.469 e. The first-order chi connectivity index (χ1) is 11.4. The fourth-order valence-corrected chi connectivity index (χ4v) is 2.79. The van der Waals surface area contributed by atoms with Crippen LogP contribution in [0.5, 0.6) is 0 Å². The fraction of sp³-hybridized carbons (Fsp3) is 0.389. The molecule has 6 heteroatoms. The first-order valence-electron chi connectivity index (χ1n) is 7.88. The van der Waals surface area contributed by atoms with E-state index in [0.29, 0.717) is 17.1 Å². The molecule has 0 spiro atoms. The zero-order valence-electron chi connectivity index (χ0n) is 14.0. The Morgan fingerprint density at radius 1 is 1.42 bits per heavy atom. The highest BCUT2D eigenvalue weighted by molar-refractivity contribution is 5.78. The molecule has 1 atom stereocenters. The number of nitrogens with zero attached hydrogens (tertiary/aromatic N) is 3. The molecule has 1 unspecified atom stereocenters. The summed E-state index contributed by atoms with van der Waals surface area (Å²) in [5, 5.41) is 14.1. The van der Waals surface area contributed by atoms with Gasteiger partial charge in [-0.1, -0.05) is 24.3 Å². The molecule has 0 aliphatic heterocycles. The molecule has 1 fully saturated rings. The van der Waals surface area contributed by atoms with Crippen molar-refractivity contribution in [1.82, 2.24) is 9.78 Å². The second kappa shape index (κ2) is 5.68. The normalized spacial score (nSPS) is 16.2. The van der Waals surface area contributed by atoms with Crippen LogP contribution in [0, 0.1) is 11.3 Å². The molecule has 0 amide bonds. The Hall–Kier alpha value is -2.81. The number of rotatable bonds is 4. The monoisotopic (exact) mass is 324 g/mol. The third-order valence-corrected chi connectivity index (χ3v) is 4.76. The smallest absolute Gasteiger partial charge is 0.312 e. The number of methoxy groups -OCH3 is 1. The average Bonchev–Trinajstić information content (AvgIpc) is 3.25. The maximum absolute atomic E-state index is 11.6. The zero-order valence-corrected chi connectivity index (χ0v) is 14.0. The number of nitrogen functional groups attached to an aromatic ring is 1. The molecule has 0 radical (unpaired) electrons. The lowest BCUT2D eigenvalue weighted by Crippen LogP contribution is -2.16. The minimum atomic E-state index is -0.340. The summed E-state index contributed by atoms with van der Waals surface area (Å²) in [6.45, 7) is 3.88. The SMILES string of the molecule is COC(=O)C(C)c1ccc(-c2nn(C3(C)CC3)c(N)c2C#N)cc1. The molecule has 1 aromatic heterocycles. The van der Waals surface area contributed by atoms with E-state index in [9.17, 15) is 10.1 Å². The second-order valence-electron chi connectivity index (χ2n) is 6.50. The van der Waals surface area contributed by atoms with Crippen LogP contribution in [-0.4, -0.2) is 22.9 Å². The van der Waals surface area contributed by atoms with E-state index in [1.54, 1.807) is 11.6 Å². The Morgan fingerprint density at radius 2 is 2.04 bits per heavy atom. The van der Waals surface area contributed by atoms with Gasteiger partial charge in [0.15, 0.2) is 0 Å². The third-order valence-electron chi connectivity index (χ3n) is 4.76. The van der Waals surface area contributed by atoms with E-state index in [1.807, 2.05) is 24.3 Å². The van der Waals surface area contributed by atoms with Gasteiger partial charge in [-0.15, -0.1) is 0 Å². The van der Waals surface area contributed by atoms with Gasteiger partial charge in [0, 0.05) is 5.56 Å². The lowest BCUT2D eigenvalue weighted by atomic mass is 9.98. The van der Waals surface area contributed by atoms with Crippen molar-refractivity contribution in [2.45, 2.75) is 38.1 Å². The first kappa shape index (κ1) is 16.1. The predicted molar refractivity (Wildman–Crippen MR) is 90.1 cm³/mol. The van der Waals surface area contributed by atoms with E-state index < -0.39 is 0 Å². The molecule has 2 N–H and O–H groups in total. The number of esters is 1. The van der Waals surface area contributed by atoms with Gasteiger partial charge in [0.2, 0.25) is 0 Å². The van der Waals surface area contributed by atoms with Crippen LogP contribution in [0.2, 0.25) is 0 Å². The molecule has 3 rings (SSSR count). The number of aromatic nitrogens is 2. The minimum Gasteiger partial charge on any atom is -0.469 e. The van der Waals surface area contributed by atoms with Gasteiger partial charge in [0.25, 0.3) is 0 Å². The quantitative estimate of drug-likeness (QED) is 0.873. The maximum Gasteiger partial charge on any atom is 0.312 e. The topological polar surface area (TPSA) is 93.9 Å². The van der Waals surface area contributed by atoms with Crippen molar-refractivity contribution in [1.29, 1.82) is 5.26 Å². The molecule has 1 aliphatic carbocycles. The summed E-state index contributed by atoms with van der Waals surface area (Å²) in [5.74, 6) is -0.206. The molecule has 0 saturated heterocycles. The van der Waals surface area contributed by atoms with Crippen molar-refractivity contribution in [2.75, 3.05) is 12.8 Å². The van der Waals surface area contributed by atoms with E-state index in [2.05, 4.69) is 18.1 Å². The van der Waals surface area contributed by atoms with Crippen molar-refractivity contribution in [3.05, 3.63) is 35.4 Å². The molecule has 1 aliphatic rings. The number of benzene rings is 1. The van der Waals surface area contributed by atoms with Gasteiger partial charge in [0.1, 0.15) is 23.1 Å². The van der Waals surface area contributed by atoms with Crippen molar-refractivity contribution < 1.29 is 9.53 Å². The van der Waals surface area contributed by atoms with Crippen LogP contribution in [-0.2, 0) is 15.1 Å². The lowest BCUT2D eigenvalue weighted by molar-refractivity contribution is -0.141. The van der Waals surface area contributed by atoms with E-state index in [4.69, 9.17) is 10.5 Å². The molecule has 1 heterocycles. The average molecular weight is 324 g/mol. The Labute approximate surface area is 140 Å². The fourth-order valence-electron chi connectivity index (χ4n) is 2.79. The number of carbonyl (C=O) groups is 1. The summed E-state index contributed by atoms with van der Waals surface area (Å²) in [6.07, 6.45) is 2.03. The highest BCUT2D eigenvalue weighted by Crippen LogP contribution is 2.45. The maximum atomic E-state index is 11.6. The van der Waals surface area contributed by atoms with Crippen LogP contribution in [0.4, 0.5) is 5.82 Å². The predicted octanol–water partition coefficient (Wildman–Crippen LogP) is 2.79. The van der Waals surface area contributed by atoms with Gasteiger partial charge in [-0.3, -0.25) is 4.79 Å². The molecular formula is C18H20N4O2. The van der Waals surface area contributed by atoms with Gasteiger partial charge in [-0.05, 0) is 32.3 Å². The molecule has 124 valence electrons. The van der Waals surface area contributed by atoms with E-state index in [-0.39, 0.29) is 17.4 Å². The number of anilines is 1. The van der Waals surface area contributed by atoms with Gasteiger partial charge in [-0.25, -0.2) is 4.68 Å². The highest BCUT2D eigenvalue weighted by Gasteiger charge is 2.42. The van der Waals surface area contributed by atoms with Gasteiger partial charge in [-0.2, -0.15) is 10.4 Å². The molecule has 1 aromatic carbocycles. The number of nitrogens with two attached hydrogens (primary N) is 1. The Bertz CT molecular complexity index is 826. The summed E-state index contributed by atoms with van der Waals surface area (Å²) in [4.78, 5) is 11.6. The first-order valence-corrected chi connectivity index (χ1v) is 7.88. The number of ether oxygens (including phenoxy) is 1. The molecule has 0 bridgehead atoms. The summed E-state index contributed by atoms with van der Waals surface area (Å²) in [5.41, 5.74) is 8.70. The van der Waals surface area contributed by atoms with Crippen LogP contribution in [0.1, 0.15) is 43.7 Å². The molecular weight excluding hydrogens is 304 g/mol.